The van der Waals surface area contributed by atoms with Crippen molar-refractivity contribution in [3.63, 3.8) is 0 Å². The second-order valence-corrected chi connectivity index (χ2v) is 5.83. The fraction of sp³-hybridized carbons (Fsp3) is 0.600. The minimum atomic E-state index is 0.426. The molecule has 0 amide bonds. The number of ether oxygens (including phenoxy) is 1. The van der Waals surface area contributed by atoms with Crippen molar-refractivity contribution in [3.05, 3.63) is 30.3 Å². The highest BCUT2D eigenvalue weighted by molar-refractivity contribution is 7.97. The third-order valence-corrected chi connectivity index (χ3v) is 3.63. The van der Waals surface area contributed by atoms with Gasteiger partial charge in [0.05, 0.1) is 0 Å². The van der Waals surface area contributed by atoms with E-state index in [9.17, 15) is 0 Å². The van der Waals surface area contributed by atoms with E-state index >= 15 is 0 Å². The molecule has 0 spiro atoms. The molecule has 1 aromatic carbocycles. The van der Waals surface area contributed by atoms with E-state index in [1.54, 1.807) is 11.8 Å². The Bertz CT molecular complexity index is 336. The summed E-state index contributed by atoms with van der Waals surface area (Å²) < 4.78 is 6.05. The molecule has 1 atom stereocenters. The molecule has 2 nitrogen and oxygen atoms in total. The Morgan fingerprint density at radius 2 is 1.72 bits per heavy atom. The first-order valence-electron chi connectivity index (χ1n) is 6.67. The molecule has 3 aliphatic heterocycles. The number of piperidine rings is 3. The summed E-state index contributed by atoms with van der Waals surface area (Å²) in [6.07, 6.45) is 7.14. The highest BCUT2D eigenvalue weighted by atomic mass is 32.2. The van der Waals surface area contributed by atoms with Crippen LogP contribution in [0.5, 0.6) is 5.75 Å². The van der Waals surface area contributed by atoms with Gasteiger partial charge in [0.25, 0.3) is 0 Å². The van der Waals surface area contributed by atoms with Crippen molar-refractivity contribution in [1.82, 2.24) is 4.90 Å². The lowest BCUT2D eigenvalue weighted by Gasteiger charge is -2.44. The average Bonchev–Trinajstić information content (AvgIpc) is 2.42. The zero-order chi connectivity index (χ0) is 12.8. The molecule has 3 fully saturated rings. The van der Waals surface area contributed by atoms with Crippen molar-refractivity contribution < 1.29 is 4.74 Å². The van der Waals surface area contributed by atoms with Crippen molar-refractivity contribution in [1.29, 1.82) is 0 Å². The van der Waals surface area contributed by atoms with Crippen LogP contribution in [0.1, 0.15) is 12.8 Å². The number of hydrogen-bond acceptors (Lipinski definition) is 3. The molecule has 1 aromatic rings. The van der Waals surface area contributed by atoms with Crippen molar-refractivity contribution in [2.75, 3.05) is 32.1 Å². The second-order valence-electron chi connectivity index (χ2n) is 5.02. The molecule has 0 aromatic heterocycles. The van der Waals surface area contributed by atoms with Crippen LogP contribution in [0, 0.1) is 5.92 Å². The monoisotopic (exact) mass is 265 g/mol. The van der Waals surface area contributed by atoms with E-state index in [-0.39, 0.29) is 0 Å². The Labute approximate surface area is 115 Å². The summed E-state index contributed by atoms with van der Waals surface area (Å²) in [4.78, 5) is 2.52. The molecule has 18 heavy (non-hydrogen) atoms. The first kappa shape index (κ1) is 13.8. The number of benzene rings is 1. The number of para-hydroxylation sites is 1. The summed E-state index contributed by atoms with van der Waals surface area (Å²) in [5, 5.41) is 0. The van der Waals surface area contributed by atoms with Gasteiger partial charge in [-0.3, -0.25) is 4.90 Å². The van der Waals surface area contributed by atoms with Crippen LogP contribution in [0.4, 0.5) is 0 Å². The molecule has 0 unspecified atom stereocenters. The van der Waals surface area contributed by atoms with Crippen LogP contribution in [0.3, 0.4) is 0 Å². The molecule has 3 heterocycles. The molecule has 2 bridgehead atoms. The van der Waals surface area contributed by atoms with Crippen molar-refractivity contribution in [2.45, 2.75) is 18.9 Å². The van der Waals surface area contributed by atoms with Crippen LogP contribution >= 0.6 is 11.8 Å². The van der Waals surface area contributed by atoms with Gasteiger partial charge in [0.2, 0.25) is 0 Å². The van der Waals surface area contributed by atoms with Crippen molar-refractivity contribution in [3.8, 4) is 5.75 Å². The molecule has 0 radical (unpaired) electrons. The minimum Gasteiger partial charge on any atom is -0.489 e. The molecule has 0 N–H and O–H groups in total. The Morgan fingerprint density at radius 1 is 1.11 bits per heavy atom. The number of nitrogens with zero attached hydrogens (tertiary/aromatic N) is 1. The number of rotatable bonds is 2. The Hall–Kier alpha value is -0.670. The molecule has 4 rings (SSSR count). The smallest absolute Gasteiger partial charge is 0.119 e. The minimum absolute atomic E-state index is 0.426. The predicted molar refractivity (Wildman–Crippen MR) is 79.5 cm³/mol. The Kier molecular flexibility index (Phi) is 5.39. The van der Waals surface area contributed by atoms with Gasteiger partial charge in [-0.25, -0.2) is 0 Å². The van der Waals surface area contributed by atoms with E-state index in [2.05, 4.69) is 17.0 Å². The summed E-state index contributed by atoms with van der Waals surface area (Å²) in [7, 11) is 0. The van der Waals surface area contributed by atoms with Crippen LogP contribution in [-0.2, 0) is 0 Å². The average molecular weight is 265 g/mol. The van der Waals surface area contributed by atoms with Crippen LogP contribution in [-0.4, -0.2) is 43.1 Å². The first-order valence-corrected chi connectivity index (χ1v) is 8.31. The number of thioether (sulfide) groups is 1. The second kappa shape index (κ2) is 7.05. The van der Waals surface area contributed by atoms with E-state index < -0.39 is 0 Å². The Balaban J connectivity index is 0.000000367. The Morgan fingerprint density at radius 3 is 2.22 bits per heavy atom. The van der Waals surface area contributed by atoms with Gasteiger partial charge in [0, 0.05) is 6.54 Å². The molecule has 3 saturated heterocycles. The number of fused-ring (bicyclic) bond motifs is 3. The van der Waals surface area contributed by atoms with Gasteiger partial charge in [-0.15, -0.1) is 0 Å². The van der Waals surface area contributed by atoms with Gasteiger partial charge >= 0.3 is 0 Å². The van der Waals surface area contributed by atoms with Crippen molar-refractivity contribution >= 4 is 11.8 Å². The van der Waals surface area contributed by atoms with E-state index in [1.165, 1.54) is 25.9 Å². The summed E-state index contributed by atoms with van der Waals surface area (Å²) in [6, 6.07) is 10.2. The van der Waals surface area contributed by atoms with Gasteiger partial charge in [-0.2, -0.15) is 11.8 Å². The predicted octanol–water partition coefficient (Wildman–Crippen LogP) is 3.14. The maximum Gasteiger partial charge on any atom is 0.119 e. The lowest BCUT2D eigenvalue weighted by molar-refractivity contribution is -0.00775. The fourth-order valence-corrected chi connectivity index (χ4v) is 2.72. The van der Waals surface area contributed by atoms with Gasteiger partial charge in [-0.1, -0.05) is 18.2 Å². The van der Waals surface area contributed by atoms with E-state index in [0.29, 0.717) is 6.10 Å². The van der Waals surface area contributed by atoms with Gasteiger partial charge in [0.1, 0.15) is 11.9 Å². The SMILES string of the molecule is CSC.c1ccc(O[C@H]2CN3CCC2CC3)cc1. The highest BCUT2D eigenvalue weighted by Crippen LogP contribution is 2.30. The summed E-state index contributed by atoms with van der Waals surface area (Å²) in [5.74, 6) is 1.81. The fourth-order valence-electron chi connectivity index (χ4n) is 2.72. The molecule has 100 valence electrons. The van der Waals surface area contributed by atoms with E-state index in [1.807, 2.05) is 30.7 Å². The topological polar surface area (TPSA) is 12.5 Å². The molecule has 3 heteroatoms. The van der Waals surface area contributed by atoms with Crippen LogP contribution in [0.2, 0.25) is 0 Å². The summed E-state index contributed by atoms with van der Waals surface area (Å²) in [5.41, 5.74) is 0. The quantitative estimate of drug-likeness (QED) is 0.815. The van der Waals surface area contributed by atoms with Crippen LogP contribution in [0.15, 0.2) is 30.3 Å². The summed E-state index contributed by atoms with van der Waals surface area (Å²) in [6.45, 7) is 3.68. The molecular formula is C15H23NOS. The van der Waals surface area contributed by atoms with Crippen LogP contribution in [0.25, 0.3) is 0 Å². The molecular weight excluding hydrogens is 242 g/mol. The van der Waals surface area contributed by atoms with Gasteiger partial charge in [0.15, 0.2) is 0 Å². The molecule has 0 aliphatic carbocycles. The largest absolute Gasteiger partial charge is 0.489 e. The van der Waals surface area contributed by atoms with Crippen molar-refractivity contribution in [2.24, 2.45) is 5.92 Å². The first-order chi connectivity index (χ1) is 8.83. The molecule has 3 aliphatic rings. The lowest BCUT2D eigenvalue weighted by atomic mass is 9.86. The third kappa shape index (κ3) is 3.66. The molecule has 0 saturated carbocycles. The lowest BCUT2D eigenvalue weighted by Crippen LogP contribution is -2.52. The maximum absolute atomic E-state index is 6.05. The maximum atomic E-state index is 6.05. The van der Waals surface area contributed by atoms with E-state index in [4.69, 9.17) is 4.74 Å². The number of hydrogen-bond donors (Lipinski definition) is 0. The van der Waals surface area contributed by atoms with Crippen LogP contribution < -0.4 is 4.74 Å². The highest BCUT2D eigenvalue weighted by Gasteiger charge is 2.35. The third-order valence-electron chi connectivity index (χ3n) is 3.63. The standard InChI is InChI=1S/C13H17NO.C2H6S/c1-2-4-12(5-3-1)15-13-10-14-8-6-11(13)7-9-14;1-3-2/h1-5,11,13H,6-10H2;1-2H3/t13-;/m0./s1. The van der Waals surface area contributed by atoms with E-state index in [0.717, 1.165) is 18.2 Å². The van der Waals surface area contributed by atoms with Gasteiger partial charge < -0.3 is 4.74 Å². The normalized spacial score (nSPS) is 29.3. The summed E-state index contributed by atoms with van der Waals surface area (Å²) >= 11 is 1.75. The van der Waals surface area contributed by atoms with Gasteiger partial charge in [-0.05, 0) is 56.5 Å². The zero-order valence-electron chi connectivity index (χ0n) is 11.3. The zero-order valence-corrected chi connectivity index (χ0v) is 12.2.